The second kappa shape index (κ2) is 6.02. The van der Waals surface area contributed by atoms with Gasteiger partial charge >= 0.3 is 0 Å². The van der Waals surface area contributed by atoms with Crippen molar-refractivity contribution < 1.29 is 12.9 Å². The lowest BCUT2D eigenvalue weighted by molar-refractivity contribution is 0.225. The smallest absolute Gasteiger partial charge is 0.226 e. The van der Waals surface area contributed by atoms with Crippen LogP contribution in [0.2, 0.25) is 0 Å². The third-order valence-corrected chi connectivity index (χ3v) is 5.98. The van der Waals surface area contributed by atoms with Crippen molar-refractivity contribution >= 4 is 9.84 Å². The highest BCUT2D eigenvalue weighted by atomic mass is 32.2. The van der Waals surface area contributed by atoms with Crippen LogP contribution in [0.1, 0.15) is 31.5 Å². The van der Waals surface area contributed by atoms with E-state index in [2.05, 4.69) is 20.4 Å². The summed E-state index contributed by atoms with van der Waals surface area (Å²) in [5.74, 6) is 1.67. The van der Waals surface area contributed by atoms with Crippen molar-refractivity contribution in [1.29, 1.82) is 0 Å². The zero-order valence-corrected chi connectivity index (χ0v) is 13.1. The van der Waals surface area contributed by atoms with Crippen molar-refractivity contribution in [1.82, 2.24) is 20.4 Å². The fourth-order valence-corrected chi connectivity index (χ4v) is 5.17. The molecule has 0 aromatic carbocycles. The summed E-state index contributed by atoms with van der Waals surface area (Å²) >= 11 is 0. The van der Waals surface area contributed by atoms with Crippen LogP contribution in [-0.2, 0) is 22.8 Å². The summed E-state index contributed by atoms with van der Waals surface area (Å²) in [6.45, 7) is 4.41. The molecule has 1 aromatic heterocycles. The van der Waals surface area contributed by atoms with Crippen LogP contribution in [0.4, 0.5) is 0 Å². The van der Waals surface area contributed by atoms with E-state index in [-0.39, 0.29) is 23.6 Å². The molecule has 3 rings (SSSR count). The predicted molar refractivity (Wildman–Crippen MR) is 77.6 cm³/mol. The van der Waals surface area contributed by atoms with Gasteiger partial charge in [0.15, 0.2) is 15.7 Å². The quantitative estimate of drug-likeness (QED) is 0.817. The zero-order valence-electron chi connectivity index (χ0n) is 12.3. The molecule has 0 saturated carbocycles. The number of hydrogen-bond acceptors (Lipinski definition) is 7. The van der Waals surface area contributed by atoms with Crippen LogP contribution < -0.4 is 5.32 Å². The maximum Gasteiger partial charge on any atom is 0.226 e. The lowest BCUT2D eigenvalue weighted by Gasteiger charge is -2.28. The van der Waals surface area contributed by atoms with E-state index < -0.39 is 9.84 Å². The topological polar surface area (TPSA) is 88.3 Å². The molecule has 1 N–H and O–H groups in total. The molecule has 0 amide bonds. The van der Waals surface area contributed by atoms with Gasteiger partial charge in [-0.15, -0.1) is 0 Å². The fourth-order valence-electron chi connectivity index (χ4n) is 3.19. The summed E-state index contributed by atoms with van der Waals surface area (Å²) in [5.41, 5.74) is 0. The standard InChI is InChI=1S/C13H22N4O3S/c1-2-13-15-12(16-20-13)7-14-10-8-21(18,19)9-11(10)17-5-3-4-6-17/h10-11,14H,2-9H2,1H3/t10-,11+/m0/s1. The molecule has 7 nitrogen and oxygen atoms in total. The number of hydrogen-bond donors (Lipinski definition) is 1. The maximum atomic E-state index is 12.0. The first-order valence-corrected chi connectivity index (χ1v) is 9.39. The Hall–Kier alpha value is -0.990. The largest absolute Gasteiger partial charge is 0.339 e. The van der Waals surface area contributed by atoms with Crippen molar-refractivity contribution in [3.63, 3.8) is 0 Å². The molecule has 2 saturated heterocycles. The van der Waals surface area contributed by atoms with Gasteiger partial charge in [-0.1, -0.05) is 12.1 Å². The Bertz CT molecular complexity index is 580. The third kappa shape index (κ3) is 3.44. The summed E-state index contributed by atoms with van der Waals surface area (Å²) in [6, 6.07) is 0.0340. The number of rotatable bonds is 5. The minimum absolute atomic E-state index is 0.0447. The van der Waals surface area contributed by atoms with Gasteiger partial charge in [0, 0.05) is 18.5 Å². The van der Waals surface area contributed by atoms with Crippen molar-refractivity contribution in [2.45, 2.75) is 44.8 Å². The monoisotopic (exact) mass is 314 g/mol. The molecule has 2 aliphatic heterocycles. The minimum Gasteiger partial charge on any atom is -0.339 e. The Balaban J connectivity index is 1.64. The number of aryl methyl sites for hydroxylation is 1. The van der Waals surface area contributed by atoms with E-state index in [1.807, 2.05) is 6.92 Å². The lowest BCUT2D eigenvalue weighted by atomic mass is 10.1. The Morgan fingerprint density at radius 2 is 2.10 bits per heavy atom. The van der Waals surface area contributed by atoms with Crippen molar-refractivity contribution in [2.75, 3.05) is 24.6 Å². The van der Waals surface area contributed by atoms with E-state index >= 15 is 0 Å². The van der Waals surface area contributed by atoms with Crippen molar-refractivity contribution in [3.05, 3.63) is 11.7 Å². The van der Waals surface area contributed by atoms with Gasteiger partial charge in [0.25, 0.3) is 0 Å². The summed E-state index contributed by atoms with van der Waals surface area (Å²) < 4.78 is 29.0. The van der Waals surface area contributed by atoms with Gasteiger partial charge in [-0.3, -0.25) is 4.90 Å². The molecule has 0 bridgehead atoms. The molecular weight excluding hydrogens is 292 g/mol. The number of nitrogens with one attached hydrogen (secondary N) is 1. The Labute approximate surface area is 125 Å². The minimum atomic E-state index is -2.95. The molecule has 2 fully saturated rings. The van der Waals surface area contributed by atoms with Gasteiger partial charge in [0.2, 0.25) is 5.89 Å². The predicted octanol–water partition coefficient (Wildman–Crippen LogP) is -0.0170. The Morgan fingerprint density at radius 3 is 2.76 bits per heavy atom. The van der Waals surface area contributed by atoms with Crippen molar-refractivity contribution in [2.24, 2.45) is 0 Å². The van der Waals surface area contributed by atoms with Gasteiger partial charge < -0.3 is 9.84 Å². The van der Waals surface area contributed by atoms with E-state index in [0.717, 1.165) is 25.9 Å². The van der Waals surface area contributed by atoms with Gasteiger partial charge in [0.1, 0.15) is 0 Å². The van der Waals surface area contributed by atoms with Gasteiger partial charge in [-0.05, 0) is 25.9 Å². The molecule has 0 aliphatic carbocycles. The lowest BCUT2D eigenvalue weighted by Crippen LogP contribution is -2.48. The van der Waals surface area contributed by atoms with Crippen LogP contribution in [0, 0.1) is 0 Å². The molecule has 118 valence electrons. The molecule has 8 heteroatoms. The molecule has 21 heavy (non-hydrogen) atoms. The molecule has 2 atom stereocenters. The van der Waals surface area contributed by atoms with E-state index in [1.54, 1.807) is 0 Å². The van der Waals surface area contributed by atoms with Crippen LogP contribution >= 0.6 is 0 Å². The van der Waals surface area contributed by atoms with Crippen LogP contribution in [0.25, 0.3) is 0 Å². The highest BCUT2D eigenvalue weighted by Crippen LogP contribution is 2.22. The number of nitrogens with zero attached hydrogens (tertiary/aromatic N) is 3. The molecule has 0 radical (unpaired) electrons. The summed E-state index contributed by atoms with van der Waals surface area (Å²) in [6.07, 6.45) is 3.03. The Morgan fingerprint density at radius 1 is 1.33 bits per heavy atom. The van der Waals surface area contributed by atoms with E-state index in [0.29, 0.717) is 24.7 Å². The van der Waals surface area contributed by atoms with Crippen molar-refractivity contribution in [3.8, 4) is 0 Å². The summed E-state index contributed by atoms with van der Waals surface area (Å²) in [5, 5.41) is 7.21. The molecule has 3 heterocycles. The normalized spacial score (nSPS) is 29.2. The number of sulfone groups is 1. The molecular formula is C13H22N4O3S. The third-order valence-electron chi connectivity index (χ3n) is 4.27. The second-order valence-electron chi connectivity index (χ2n) is 5.83. The fraction of sp³-hybridized carbons (Fsp3) is 0.846. The summed E-state index contributed by atoms with van der Waals surface area (Å²) in [4.78, 5) is 6.55. The zero-order chi connectivity index (χ0) is 14.9. The average molecular weight is 314 g/mol. The molecule has 0 spiro atoms. The van der Waals surface area contributed by atoms with Crippen LogP contribution in [-0.4, -0.2) is 60.1 Å². The van der Waals surface area contributed by atoms with E-state index in [1.165, 1.54) is 0 Å². The second-order valence-corrected chi connectivity index (χ2v) is 7.99. The maximum absolute atomic E-state index is 12.0. The first kappa shape index (κ1) is 14.9. The summed E-state index contributed by atoms with van der Waals surface area (Å²) in [7, 11) is -2.95. The van der Waals surface area contributed by atoms with Crippen LogP contribution in [0.15, 0.2) is 4.52 Å². The SMILES string of the molecule is CCc1nc(CN[C@H]2CS(=O)(=O)C[C@H]2N2CCCC2)no1. The molecule has 2 aliphatic rings. The van der Waals surface area contributed by atoms with Gasteiger partial charge in [-0.2, -0.15) is 4.98 Å². The van der Waals surface area contributed by atoms with Gasteiger partial charge in [-0.25, -0.2) is 8.42 Å². The first-order valence-electron chi connectivity index (χ1n) is 7.57. The molecule has 0 unspecified atom stereocenters. The number of likely N-dealkylation sites (tertiary alicyclic amines) is 1. The Kier molecular flexibility index (Phi) is 4.28. The van der Waals surface area contributed by atoms with E-state index in [4.69, 9.17) is 4.52 Å². The van der Waals surface area contributed by atoms with Crippen LogP contribution in [0.3, 0.4) is 0 Å². The average Bonchev–Trinajstić information content (AvgIpc) is 3.15. The molecule has 1 aromatic rings. The highest BCUT2D eigenvalue weighted by molar-refractivity contribution is 7.91. The van der Waals surface area contributed by atoms with E-state index in [9.17, 15) is 8.42 Å². The number of aromatic nitrogens is 2. The highest BCUT2D eigenvalue weighted by Gasteiger charge is 2.41. The first-order chi connectivity index (χ1) is 10.1. The van der Waals surface area contributed by atoms with Crippen LogP contribution in [0.5, 0.6) is 0 Å². The van der Waals surface area contributed by atoms with Gasteiger partial charge in [0.05, 0.1) is 18.1 Å².